The van der Waals surface area contributed by atoms with E-state index in [9.17, 15) is 14.4 Å². The Morgan fingerprint density at radius 1 is 1.03 bits per heavy atom. The van der Waals surface area contributed by atoms with Crippen LogP contribution < -0.4 is 11.3 Å². The molecule has 0 radical (unpaired) electrons. The number of carbonyl (C=O) groups excluding carboxylic acids is 2. The second-order valence-electron chi connectivity index (χ2n) is 8.81. The number of nitrogens with zero attached hydrogens (tertiary/aromatic N) is 5. The summed E-state index contributed by atoms with van der Waals surface area (Å²) < 4.78 is 3.41. The average molecular weight is 493 g/mol. The smallest absolute Gasteiger partial charge is 0.263 e. The van der Waals surface area contributed by atoms with Crippen molar-refractivity contribution in [3.8, 4) is 0 Å². The second kappa shape index (κ2) is 9.50. The largest absolute Gasteiger partial charge is 0.369 e. The van der Waals surface area contributed by atoms with Crippen LogP contribution in [-0.2, 0) is 22.6 Å². The summed E-state index contributed by atoms with van der Waals surface area (Å²) in [5.74, 6) is 0.531. The van der Waals surface area contributed by atoms with Crippen molar-refractivity contribution in [1.29, 1.82) is 0 Å². The van der Waals surface area contributed by atoms with Gasteiger partial charge in [0.25, 0.3) is 5.56 Å². The van der Waals surface area contributed by atoms with Crippen LogP contribution in [0.5, 0.6) is 0 Å². The third-order valence-corrected chi connectivity index (χ3v) is 7.04. The molecule has 4 aromatic rings. The van der Waals surface area contributed by atoms with Crippen molar-refractivity contribution >= 4 is 40.1 Å². The number of primary amides is 1. The molecule has 1 fully saturated rings. The molecule has 0 aliphatic carbocycles. The van der Waals surface area contributed by atoms with Crippen LogP contribution in [-0.4, -0.2) is 49.0 Å². The van der Waals surface area contributed by atoms with Crippen molar-refractivity contribution in [2.24, 2.45) is 11.7 Å². The first-order valence-electron chi connectivity index (χ1n) is 11.6. The Hall–Kier alpha value is -3.72. The lowest BCUT2D eigenvalue weighted by Crippen LogP contribution is -2.41. The molecular weight excluding hydrogens is 468 g/mol. The minimum Gasteiger partial charge on any atom is -0.369 e. The molecule has 2 aromatic heterocycles. The van der Waals surface area contributed by atoms with Crippen molar-refractivity contribution in [2.45, 2.75) is 32.2 Å². The lowest BCUT2D eigenvalue weighted by atomic mass is 9.96. The molecular formula is C25H25ClN6O3. The number of aryl methyl sites for hydroxylation is 1. The Bertz CT molecular complexity index is 1490. The number of aromatic nitrogens is 4. The first kappa shape index (κ1) is 23.0. The van der Waals surface area contributed by atoms with E-state index in [1.165, 1.54) is 0 Å². The number of piperidine rings is 1. The number of nitrogens with two attached hydrogens (primary N) is 1. The Morgan fingerprint density at radius 3 is 2.49 bits per heavy atom. The molecule has 0 spiro atoms. The molecule has 1 aliphatic rings. The number of amides is 2. The predicted molar refractivity (Wildman–Crippen MR) is 132 cm³/mol. The number of likely N-dealkylation sites (tertiary alicyclic amines) is 1. The fourth-order valence-corrected chi connectivity index (χ4v) is 4.90. The van der Waals surface area contributed by atoms with Gasteiger partial charge in [-0.25, -0.2) is 0 Å². The third kappa shape index (κ3) is 4.39. The molecule has 180 valence electrons. The minimum atomic E-state index is -0.304. The number of benzene rings is 2. The van der Waals surface area contributed by atoms with Crippen LogP contribution in [0.2, 0.25) is 5.02 Å². The van der Waals surface area contributed by atoms with Gasteiger partial charge in [0.15, 0.2) is 0 Å². The molecule has 2 aromatic carbocycles. The SMILES string of the molecule is NC(=O)C1CCN(C(=O)CCc2nnc3n(Cc4ccccc4Cl)c(=O)c4ccccc4n23)CC1. The van der Waals surface area contributed by atoms with E-state index in [2.05, 4.69) is 10.2 Å². The normalized spacial score (nSPS) is 14.6. The first-order valence-corrected chi connectivity index (χ1v) is 12.0. The van der Waals surface area contributed by atoms with Gasteiger partial charge in [-0.15, -0.1) is 10.2 Å². The molecule has 5 rings (SSSR count). The number of hydrogen-bond acceptors (Lipinski definition) is 5. The molecule has 9 nitrogen and oxygen atoms in total. The zero-order chi connectivity index (χ0) is 24.5. The lowest BCUT2D eigenvalue weighted by molar-refractivity contribution is -0.134. The van der Waals surface area contributed by atoms with Crippen molar-refractivity contribution in [3.05, 3.63) is 75.3 Å². The van der Waals surface area contributed by atoms with E-state index in [-0.39, 0.29) is 36.3 Å². The molecule has 2 amide bonds. The van der Waals surface area contributed by atoms with Crippen molar-refractivity contribution in [1.82, 2.24) is 24.1 Å². The van der Waals surface area contributed by atoms with Gasteiger partial charge in [-0.05, 0) is 36.6 Å². The maximum atomic E-state index is 13.4. The zero-order valence-electron chi connectivity index (χ0n) is 19.1. The van der Waals surface area contributed by atoms with E-state index in [4.69, 9.17) is 17.3 Å². The monoisotopic (exact) mass is 492 g/mol. The highest BCUT2D eigenvalue weighted by Gasteiger charge is 2.26. The van der Waals surface area contributed by atoms with E-state index in [1.807, 2.05) is 40.8 Å². The molecule has 10 heteroatoms. The molecule has 3 heterocycles. The molecule has 1 saturated heterocycles. The fraction of sp³-hybridized carbons (Fsp3) is 0.320. The van der Waals surface area contributed by atoms with E-state index in [1.54, 1.807) is 21.6 Å². The van der Waals surface area contributed by atoms with Crippen LogP contribution in [0.15, 0.2) is 53.3 Å². The minimum absolute atomic E-state index is 0.00151. The molecule has 0 bridgehead atoms. The van der Waals surface area contributed by atoms with Gasteiger partial charge in [0.1, 0.15) is 5.82 Å². The maximum Gasteiger partial charge on any atom is 0.263 e. The Balaban J connectivity index is 1.46. The number of hydrogen-bond donors (Lipinski definition) is 1. The number of rotatable bonds is 6. The quantitative estimate of drug-likeness (QED) is 0.443. The second-order valence-corrected chi connectivity index (χ2v) is 9.22. The molecule has 0 unspecified atom stereocenters. The van der Waals surface area contributed by atoms with Gasteiger partial charge in [0, 0.05) is 36.9 Å². The van der Waals surface area contributed by atoms with Crippen molar-refractivity contribution < 1.29 is 9.59 Å². The summed E-state index contributed by atoms with van der Waals surface area (Å²) in [5.41, 5.74) is 6.71. The zero-order valence-corrected chi connectivity index (χ0v) is 19.8. The van der Waals surface area contributed by atoms with E-state index >= 15 is 0 Å². The van der Waals surface area contributed by atoms with Crippen molar-refractivity contribution in [2.75, 3.05) is 13.1 Å². The standard InChI is InChI=1S/C25H25ClN6O3/c26-19-7-3-1-5-17(19)15-31-24(35)18-6-2-4-8-20(18)32-21(28-29-25(31)32)9-10-22(33)30-13-11-16(12-14-30)23(27)34/h1-8,16H,9-15H2,(H2,27,34). The molecule has 0 saturated carbocycles. The lowest BCUT2D eigenvalue weighted by Gasteiger charge is -2.30. The van der Waals surface area contributed by atoms with Crippen LogP contribution >= 0.6 is 11.6 Å². The van der Waals surface area contributed by atoms with E-state index in [0.29, 0.717) is 59.9 Å². The molecule has 0 atom stereocenters. The van der Waals surface area contributed by atoms with Crippen molar-refractivity contribution in [3.63, 3.8) is 0 Å². The summed E-state index contributed by atoms with van der Waals surface area (Å²) in [6, 6.07) is 14.7. The fourth-order valence-electron chi connectivity index (χ4n) is 4.71. The summed E-state index contributed by atoms with van der Waals surface area (Å²) in [5, 5.41) is 9.78. The Kier molecular flexibility index (Phi) is 6.25. The van der Waals surface area contributed by atoms with Crippen LogP contribution in [0, 0.1) is 5.92 Å². The van der Waals surface area contributed by atoms with Crippen LogP contribution in [0.3, 0.4) is 0 Å². The Labute approximate surface area is 206 Å². The highest BCUT2D eigenvalue weighted by molar-refractivity contribution is 6.31. The first-order chi connectivity index (χ1) is 16.9. The maximum absolute atomic E-state index is 13.4. The van der Waals surface area contributed by atoms with Gasteiger partial charge in [0.2, 0.25) is 17.6 Å². The van der Waals surface area contributed by atoms with Gasteiger partial charge in [-0.3, -0.25) is 23.4 Å². The van der Waals surface area contributed by atoms with Gasteiger partial charge in [-0.2, -0.15) is 0 Å². The topological polar surface area (TPSA) is 116 Å². The number of carbonyl (C=O) groups is 2. The van der Waals surface area contributed by atoms with Crippen LogP contribution in [0.4, 0.5) is 0 Å². The number of fused-ring (bicyclic) bond motifs is 3. The highest BCUT2D eigenvalue weighted by atomic mass is 35.5. The number of para-hydroxylation sites is 1. The third-order valence-electron chi connectivity index (χ3n) is 6.67. The summed E-state index contributed by atoms with van der Waals surface area (Å²) in [6.07, 6.45) is 1.80. The summed E-state index contributed by atoms with van der Waals surface area (Å²) in [4.78, 5) is 39.4. The van der Waals surface area contributed by atoms with Gasteiger partial charge >= 0.3 is 0 Å². The molecule has 35 heavy (non-hydrogen) atoms. The predicted octanol–water partition coefficient (Wildman–Crippen LogP) is 2.40. The van der Waals surface area contributed by atoms with Gasteiger partial charge in [-0.1, -0.05) is 41.9 Å². The molecule has 1 aliphatic heterocycles. The van der Waals surface area contributed by atoms with E-state index in [0.717, 1.165) is 5.56 Å². The van der Waals surface area contributed by atoms with Crippen LogP contribution in [0.1, 0.15) is 30.7 Å². The molecule has 2 N–H and O–H groups in total. The van der Waals surface area contributed by atoms with Crippen LogP contribution in [0.25, 0.3) is 16.7 Å². The summed E-state index contributed by atoms with van der Waals surface area (Å²) >= 11 is 6.36. The Morgan fingerprint density at radius 2 is 1.74 bits per heavy atom. The van der Waals surface area contributed by atoms with Gasteiger partial charge < -0.3 is 10.6 Å². The summed E-state index contributed by atoms with van der Waals surface area (Å²) in [6.45, 7) is 1.29. The van der Waals surface area contributed by atoms with Gasteiger partial charge in [0.05, 0.1) is 17.4 Å². The van der Waals surface area contributed by atoms with E-state index < -0.39 is 0 Å². The highest BCUT2D eigenvalue weighted by Crippen LogP contribution is 2.21. The number of halogens is 1. The summed E-state index contributed by atoms with van der Waals surface area (Å²) in [7, 11) is 0. The average Bonchev–Trinajstić information content (AvgIpc) is 3.30.